The minimum absolute atomic E-state index is 0.267. The molecule has 1 unspecified atom stereocenters. The van der Waals surface area contributed by atoms with Crippen molar-refractivity contribution < 1.29 is 9.90 Å². The Morgan fingerprint density at radius 3 is 2.50 bits per heavy atom. The number of carboxylic acid groups (broad SMARTS) is 1. The van der Waals surface area contributed by atoms with Crippen LogP contribution in [0.3, 0.4) is 0 Å². The van der Waals surface area contributed by atoms with Crippen LogP contribution in [0.1, 0.15) is 40.0 Å². The number of unbranched alkanes of at least 4 members (excludes halogenated alkanes) is 1. The zero-order valence-electron chi connectivity index (χ0n) is 10.7. The molecule has 0 aromatic heterocycles. The SMILES string of the molecule is CC(C(=O)O)N(C)CCCCC(C)(C)C#N. The molecule has 16 heavy (non-hydrogen) atoms. The highest BCUT2D eigenvalue weighted by atomic mass is 16.4. The Labute approximate surface area is 97.9 Å². The zero-order valence-corrected chi connectivity index (χ0v) is 10.7. The van der Waals surface area contributed by atoms with Gasteiger partial charge in [0.1, 0.15) is 6.04 Å². The van der Waals surface area contributed by atoms with E-state index >= 15 is 0 Å². The number of likely N-dealkylation sites (N-methyl/N-ethyl adjacent to an activating group) is 1. The number of aliphatic carboxylic acids is 1. The van der Waals surface area contributed by atoms with Gasteiger partial charge in [-0.25, -0.2) is 0 Å². The van der Waals surface area contributed by atoms with Crippen molar-refractivity contribution in [1.29, 1.82) is 5.26 Å². The number of hydrogen-bond donors (Lipinski definition) is 1. The first-order valence-electron chi connectivity index (χ1n) is 5.64. The number of hydrogen-bond acceptors (Lipinski definition) is 3. The first-order chi connectivity index (χ1) is 7.30. The van der Waals surface area contributed by atoms with Gasteiger partial charge < -0.3 is 5.11 Å². The van der Waals surface area contributed by atoms with E-state index in [1.54, 1.807) is 6.92 Å². The highest BCUT2D eigenvalue weighted by Gasteiger charge is 2.18. The van der Waals surface area contributed by atoms with Crippen molar-refractivity contribution >= 4 is 5.97 Å². The second-order valence-electron chi connectivity index (χ2n) is 4.95. The largest absolute Gasteiger partial charge is 0.480 e. The van der Waals surface area contributed by atoms with Gasteiger partial charge in [0, 0.05) is 0 Å². The third-order valence-corrected chi connectivity index (χ3v) is 2.88. The van der Waals surface area contributed by atoms with Crippen LogP contribution in [0.15, 0.2) is 0 Å². The van der Waals surface area contributed by atoms with Gasteiger partial charge in [0.05, 0.1) is 11.5 Å². The molecule has 0 aromatic rings. The third-order valence-electron chi connectivity index (χ3n) is 2.88. The Morgan fingerprint density at radius 2 is 2.06 bits per heavy atom. The molecule has 0 aliphatic carbocycles. The minimum atomic E-state index is -0.792. The van der Waals surface area contributed by atoms with Gasteiger partial charge in [0.25, 0.3) is 0 Å². The molecular formula is C12H22N2O2. The van der Waals surface area contributed by atoms with Crippen molar-refractivity contribution in [3.8, 4) is 6.07 Å². The molecule has 4 heteroatoms. The van der Waals surface area contributed by atoms with Gasteiger partial charge in [-0.05, 0) is 47.2 Å². The molecule has 0 saturated heterocycles. The van der Waals surface area contributed by atoms with Crippen molar-refractivity contribution in [2.75, 3.05) is 13.6 Å². The normalized spacial score (nSPS) is 13.5. The Bertz CT molecular complexity index is 269. The van der Waals surface area contributed by atoms with Gasteiger partial charge in [-0.15, -0.1) is 0 Å². The fourth-order valence-electron chi connectivity index (χ4n) is 1.37. The van der Waals surface area contributed by atoms with Crippen LogP contribution in [0.4, 0.5) is 0 Å². The molecule has 4 nitrogen and oxygen atoms in total. The summed E-state index contributed by atoms with van der Waals surface area (Å²) >= 11 is 0. The van der Waals surface area contributed by atoms with Gasteiger partial charge >= 0.3 is 5.97 Å². The summed E-state index contributed by atoms with van der Waals surface area (Å²) < 4.78 is 0. The molecule has 1 N–H and O–H groups in total. The molecular weight excluding hydrogens is 204 g/mol. The number of rotatable bonds is 7. The van der Waals surface area contributed by atoms with Crippen molar-refractivity contribution in [2.45, 2.75) is 46.1 Å². The maximum Gasteiger partial charge on any atom is 0.320 e. The summed E-state index contributed by atoms with van der Waals surface area (Å²) in [4.78, 5) is 12.5. The minimum Gasteiger partial charge on any atom is -0.480 e. The average molecular weight is 226 g/mol. The lowest BCUT2D eigenvalue weighted by Gasteiger charge is -2.21. The molecule has 0 bridgehead atoms. The van der Waals surface area contributed by atoms with E-state index in [1.807, 2.05) is 25.8 Å². The maximum absolute atomic E-state index is 10.7. The van der Waals surface area contributed by atoms with Crippen LogP contribution in [0.25, 0.3) is 0 Å². The van der Waals surface area contributed by atoms with E-state index in [4.69, 9.17) is 10.4 Å². The van der Waals surface area contributed by atoms with Gasteiger partial charge in [-0.2, -0.15) is 5.26 Å². The number of carbonyl (C=O) groups is 1. The molecule has 0 spiro atoms. The lowest BCUT2D eigenvalue weighted by atomic mass is 9.89. The van der Waals surface area contributed by atoms with E-state index in [0.29, 0.717) is 0 Å². The van der Waals surface area contributed by atoms with E-state index in [0.717, 1.165) is 25.8 Å². The van der Waals surface area contributed by atoms with Crippen LogP contribution in [-0.2, 0) is 4.79 Å². The molecule has 1 atom stereocenters. The molecule has 0 radical (unpaired) electrons. The molecule has 0 rings (SSSR count). The van der Waals surface area contributed by atoms with Gasteiger partial charge in [-0.3, -0.25) is 9.69 Å². The Balaban J connectivity index is 3.76. The van der Waals surface area contributed by atoms with Crippen molar-refractivity contribution in [3.63, 3.8) is 0 Å². The summed E-state index contributed by atoms with van der Waals surface area (Å²) in [5.74, 6) is -0.792. The molecule has 0 heterocycles. The lowest BCUT2D eigenvalue weighted by molar-refractivity contribution is -0.142. The summed E-state index contributed by atoms with van der Waals surface area (Å²) in [7, 11) is 1.81. The summed E-state index contributed by atoms with van der Waals surface area (Å²) in [5.41, 5.74) is -0.267. The first-order valence-corrected chi connectivity index (χ1v) is 5.64. The van der Waals surface area contributed by atoms with Crippen LogP contribution in [0.2, 0.25) is 0 Å². The summed E-state index contributed by atoms with van der Waals surface area (Å²) in [6.07, 6.45) is 2.75. The molecule has 0 amide bonds. The Morgan fingerprint density at radius 1 is 1.50 bits per heavy atom. The fraction of sp³-hybridized carbons (Fsp3) is 0.833. The van der Waals surface area contributed by atoms with Crippen LogP contribution < -0.4 is 0 Å². The molecule has 0 aromatic carbocycles. The second kappa shape index (κ2) is 6.49. The van der Waals surface area contributed by atoms with Crippen molar-refractivity contribution in [1.82, 2.24) is 4.90 Å². The lowest BCUT2D eigenvalue weighted by Crippen LogP contribution is -2.36. The highest BCUT2D eigenvalue weighted by Crippen LogP contribution is 2.21. The van der Waals surface area contributed by atoms with Gasteiger partial charge in [0.2, 0.25) is 0 Å². The van der Waals surface area contributed by atoms with Crippen LogP contribution in [0, 0.1) is 16.7 Å². The highest BCUT2D eigenvalue weighted by molar-refractivity contribution is 5.72. The third kappa shape index (κ3) is 5.72. The first kappa shape index (κ1) is 14.9. The van der Waals surface area contributed by atoms with E-state index in [1.165, 1.54) is 0 Å². The Hall–Kier alpha value is -1.08. The number of nitriles is 1. The number of nitrogens with zero attached hydrogens (tertiary/aromatic N) is 2. The van der Waals surface area contributed by atoms with Crippen molar-refractivity contribution in [2.24, 2.45) is 5.41 Å². The molecule has 0 saturated carbocycles. The molecule has 0 fully saturated rings. The van der Waals surface area contributed by atoms with E-state index in [2.05, 4.69) is 6.07 Å². The van der Waals surface area contributed by atoms with Gasteiger partial charge in [-0.1, -0.05) is 6.42 Å². The second-order valence-corrected chi connectivity index (χ2v) is 4.95. The fourth-order valence-corrected chi connectivity index (χ4v) is 1.37. The molecule has 92 valence electrons. The van der Waals surface area contributed by atoms with Crippen molar-refractivity contribution in [3.05, 3.63) is 0 Å². The van der Waals surface area contributed by atoms with Crippen LogP contribution in [0.5, 0.6) is 0 Å². The zero-order chi connectivity index (χ0) is 12.8. The van der Waals surface area contributed by atoms with Crippen LogP contribution in [-0.4, -0.2) is 35.6 Å². The summed E-state index contributed by atoms with van der Waals surface area (Å²) in [6, 6.07) is 1.82. The quantitative estimate of drug-likeness (QED) is 0.675. The molecule has 0 aliphatic heterocycles. The topological polar surface area (TPSA) is 64.3 Å². The predicted octanol–water partition coefficient (Wildman–Crippen LogP) is 2.11. The van der Waals surface area contributed by atoms with E-state index in [-0.39, 0.29) is 5.41 Å². The molecule has 0 aliphatic rings. The average Bonchev–Trinajstić information content (AvgIpc) is 2.22. The predicted molar refractivity (Wildman–Crippen MR) is 63.0 cm³/mol. The summed E-state index contributed by atoms with van der Waals surface area (Å²) in [5, 5.41) is 17.6. The smallest absolute Gasteiger partial charge is 0.320 e. The van der Waals surface area contributed by atoms with Crippen LogP contribution >= 0.6 is 0 Å². The van der Waals surface area contributed by atoms with Gasteiger partial charge in [0.15, 0.2) is 0 Å². The van der Waals surface area contributed by atoms with E-state index in [9.17, 15) is 4.79 Å². The van der Waals surface area contributed by atoms with E-state index < -0.39 is 12.0 Å². The maximum atomic E-state index is 10.7. The monoisotopic (exact) mass is 226 g/mol. The standard InChI is InChI=1S/C12H22N2O2/c1-10(11(15)16)14(4)8-6-5-7-12(2,3)9-13/h10H,5-8H2,1-4H3,(H,15,16). The Kier molecular flexibility index (Phi) is 6.05. The number of carboxylic acids is 1. The summed E-state index contributed by atoms with van der Waals surface area (Å²) in [6.45, 7) is 6.30.